The van der Waals surface area contributed by atoms with Gasteiger partial charge in [-0.05, 0) is 36.8 Å². The predicted octanol–water partition coefficient (Wildman–Crippen LogP) is 0.891. The molecule has 8 nitrogen and oxygen atoms in total. The fraction of sp³-hybridized carbons (Fsp3) is 0.222. The Kier molecular flexibility index (Phi) is 7.07. The number of nitrogens with one attached hydrogen (secondary N) is 3. The number of amides is 2. The number of hydrogen-bond acceptors (Lipinski definition) is 5. The molecule has 3 N–H and O–H groups in total. The van der Waals surface area contributed by atoms with Crippen molar-refractivity contribution >= 4 is 21.8 Å². The first-order valence-corrected chi connectivity index (χ1v) is 9.69. The van der Waals surface area contributed by atoms with E-state index >= 15 is 0 Å². The van der Waals surface area contributed by atoms with Crippen molar-refractivity contribution < 1.29 is 27.1 Å². The Bertz CT molecular complexity index is 948. The molecule has 0 aromatic heterocycles. The summed E-state index contributed by atoms with van der Waals surface area (Å²) in [4.78, 5) is 23.3. The lowest BCUT2D eigenvalue weighted by molar-refractivity contribution is -0.129. The number of hydrogen-bond donors (Lipinski definition) is 3. The summed E-state index contributed by atoms with van der Waals surface area (Å²) in [6.45, 7) is 1.27. The van der Waals surface area contributed by atoms with E-state index in [2.05, 4.69) is 15.6 Å². The van der Waals surface area contributed by atoms with Crippen molar-refractivity contribution in [3.63, 3.8) is 0 Å². The molecule has 0 saturated heterocycles. The van der Waals surface area contributed by atoms with E-state index in [0.29, 0.717) is 11.3 Å². The second-order valence-electron chi connectivity index (χ2n) is 5.84. The first-order chi connectivity index (χ1) is 13.2. The fourth-order valence-electron chi connectivity index (χ4n) is 2.22. The maximum atomic E-state index is 13.7. The molecule has 0 aliphatic rings. The lowest BCUT2D eigenvalue weighted by atomic mass is 10.1. The number of methoxy groups -OCH3 is 1. The van der Waals surface area contributed by atoms with E-state index in [1.54, 1.807) is 24.3 Å². The van der Waals surface area contributed by atoms with E-state index in [4.69, 9.17) is 4.74 Å². The molecule has 0 spiro atoms. The molecule has 0 radical (unpaired) electrons. The summed E-state index contributed by atoms with van der Waals surface area (Å²) in [5, 5.41) is 0. The van der Waals surface area contributed by atoms with Crippen molar-refractivity contribution in [3.8, 4) is 5.75 Å². The number of carbonyl (C=O) groups excluding carboxylic acids is 2. The number of ether oxygens (including phenoxy) is 1. The summed E-state index contributed by atoms with van der Waals surface area (Å²) < 4.78 is 45.1. The van der Waals surface area contributed by atoms with Crippen LogP contribution in [-0.4, -0.2) is 33.4 Å². The van der Waals surface area contributed by atoms with Crippen molar-refractivity contribution in [2.45, 2.75) is 24.3 Å². The van der Waals surface area contributed by atoms with Crippen LogP contribution in [0.15, 0.2) is 53.4 Å². The number of sulfonamides is 1. The molecule has 2 rings (SSSR count). The third kappa shape index (κ3) is 5.76. The SMILES string of the molecule is COc1ccc(CC(=O)NNC(=O)[C@@H](C)NS(=O)(=O)c2ccccc2F)cc1. The van der Waals surface area contributed by atoms with E-state index in [0.717, 1.165) is 12.1 Å². The summed E-state index contributed by atoms with van der Waals surface area (Å²) in [6, 6.07) is 10.3. The van der Waals surface area contributed by atoms with Crippen molar-refractivity contribution in [1.29, 1.82) is 0 Å². The van der Waals surface area contributed by atoms with Gasteiger partial charge in [-0.2, -0.15) is 4.72 Å². The number of hydrazine groups is 1. The quantitative estimate of drug-likeness (QED) is 0.588. The molecule has 0 fully saturated rings. The zero-order valence-electron chi connectivity index (χ0n) is 15.2. The van der Waals surface area contributed by atoms with E-state index in [9.17, 15) is 22.4 Å². The van der Waals surface area contributed by atoms with Gasteiger partial charge in [0, 0.05) is 0 Å². The molecule has 28 heavy (non-hydrogen) atoms. The molecule has 0 heterocycles. The number of rotatable bonds is 7. The predicted molar refractivity (Wildman–Crippen MR) is 99.2 cm³/mol. The first-order valence-electron chi connectivity index (χ1n) is 8.21. The highest BCUT2D eigenvalue weighted by atomic mass is 32.2. The van der Waals surface area contributed by atoms with Crippen LogP contribution in [0, 0.1) is 5.82 Å². The van der Waals surface area contributed by atoms with Crippen molar-refractivity contribution in [1.82, 2.24) is 15.6 Å². The highest BCUT2D eigenvalue weighted by Crippen LogP contribution is 2.14. The van der Waals surface area contributed by atoms with Gasteiger partial charge in [-0.15, -0.1) is 0 Å². The molecular formula is C18H20FN3O5S. The molecule has 1 atom stereocenters. The minimum Gasteiger partial charge on any atom is -0.497 e. The van der Waals surface area contributed by atoms with Gasteiger partial charge in [0.1, 0.15) is 16.5 Å². The van der Waals surface area contributed by atoms with Crippen LogP contribution in [0.5, 0.6) is 5.75 Å². The lowest BCUT2D eigenvalue weighted by Crippen LogP contribution is -2.51. The Morgan fingerprint density at radius 1 is 1.07 bits per heavy atom. The molecule has 2 aromatic carbocycles. The summed E-state index contributed by atoms with van der Waals surface area (Å²) in [6.07, 6.45) is -0.000388. The Balaban J connectivity index is 1.88. The van der Waals surface area contributed by atoms with Gasteiger partial charge < -0.3 is 4.74 Å². The Morgan fingerprint density at radius 3 is 2.32 bits per heavy atom. The van der Waals surface area contributed by atoms with Crippen molar-refractivity contribution in [2.75, 3.05) is 7.11 Å². The summed E-state index contributed by atoms with van der Waals surface area (Å²) in [5.74, 6) is -1.59. The van der Waals surface area contributed by atoms with Gasteiger partial charge in [-0.25, -0.2) is 12.8 Å². The third-order valence-electron chi connectivity index (χ3n) is 3.70. The molecule has 2 amide bonds. The van der Waals surface area contributed by atoms with Crippen LogP contribution >= 0.6 is 0 Å². The molecule has 0 aliphatic heterocycles. The van der Waals surface area contributed by atoms with Gasteiger partial charge in [-0.3, -0.25) is 20.4 Å². The number of halogens is 1. The molecule has 0 bridgehead atoms. The Labute approximate surface area is 162 Å². The van der Waals surface area contributed by atoms with E-state index in [1.165, 1.54) is 26.2 Å². The zero-order valence-corrected chi connectivity index (χ0v) is 16.0. The molecule has 0 aliphatic carbocycles. The molecule has 0 saturated carbocycles. The lowest BCUT2D eigenvalue weighted by Gasteiger charge is -2.15. The van der Waals surface area contributed by atoms with Crippen LogP contribution in [0.2, 0.25) is 0 Å². The number of benzene rings is 2. The molecule has 150 valence electrons. The largest absolute Gasteiger partial charge is 0.497 e. The van der Waals surface area contributed by atoms with Gasteiger partial charge in [0.15, 0.2) is 0 Å². The Hall–Kier alpha value is -2.98. The summed E-state index contributed by atoms with van der Waals surface area (Å²) in [5.41, 5.74) is 5.02. The highest BCUT2D eigenvalue weighted by Gasteiger charge is 2.24. The van der Waals surface area contributed by atoms with Gasteiger partial charge in [0.25, 0.3) is 5.91 Å². The van der Waals surface area contributed by atoms with E-state index in [-0.39, 0.29) is 6.42 Å². The normalized spacial score (nSPS) is 12.1. The van der Waals surface area contributed by atoms with Gasteiger partial charge in [0.05, 0.1) is 19.6 Å². The van der Waals surface area contributed by atoms with Crippen LogP contribution in [0.1, 0.15) is 12.5 Å². The van der Waals surface area contributed by atoms with E-state index in [1.807, 2.05) is 0 Å². The van der Waals surface area contributed by atoms with Crippen molar-refractivity contribution in [3.05, 3.63) is 59.9 Å². The summed E-state index contributed by atoms with van der Waals surface area (Å²) >= 11 is 0. The maximum absolute atomic E-state index is 13.7. The highest BCUT2D eigenvalue weighted by molar-refractivity contribution is 7.89. The topological polar surface area (TPSA) is 114 Å². The average Bonchev–Trinajstić information content (AvgIpc) is 2.66. The van der Waals surface area contributed by atoms with Gasteiger partial charge in [-0.1, -0.05) is 24.3 Å². The van der Waals surface area contributed by atoms with E-state index < -0.39 is 38.6 Å². The van der Waals surface area contributed by atoms with Crippen LogP contribution in [-0.2, 0) is 26.0 Å². The minimum atomic E-state index is -4.24. The van der Waals surface area contributed by atoms with Crippen LogP contribution in [0.3, 0.4) is 0 Å². The summed E-state index contributed by atoms with van der Waals surface area (Å²) in [7, 11) is -2.71. The Morgan fingerprint density at radius 2 is 1.71 bits per heavy atom. The zero-order chi connectivity index (χ0) is 20.7. The minimum absolute atomic E-state index is 0.000388. The number of carbonyl (C=O) groups is 2. The molecule has 2 aromatic rings. The molecule has 0 unspecified atom stereocenters. The second-order valence-corrected chi connectivity index (χ2v) is 7.52. The second kappa shape index (κ2) is 9.29. The monoisotopic (exact) mass is 409 g/mol. The van der Waals surface area contributed by atoms with Crippen LogP contribution in [0.25, 0.3) is 0 Å². The molecule has 10 heteroatoms. The van der Waals surface area contributed by atoms with Crippen molar-refractivity contribution in [2.24, 2.45) is 0 Å². The van der Waals surface area contributed by atoms with Gasteiger partial charge >= 0.3 is 0 Å². The smallest absolute Gasteiger partial charge is 0.256 e. The first kappa shape index (κ1) is 21.3. The third-order valence-corrected chi connectivity index (χ3v) is 5.27. The van der Waals surface area contributed by atoms with Gasteiger partial charge in [0.2, 0.25) is 15.9 Å². The maximum Gasteiger partial charge on any atom is 0.256 e. The van der Waals surface area contributed by atoms with Crippen LogP contribution in [0.4, 0.5) is 4.39 Å². The fourth-order valence-corrected chi connectivity index (χ4v) is 3.51. The van der Waals surface area contributed by atoms with Crippen LogP contribution < -0.4 is 20.3 Å². The average molecular weight is 409 g/mol. The molecular weight excluding hydrogens is 389 g/mol. The standard InChI is InChI=1S/C18H20FN3O5S/c1-12(22-28(25,26)16-6-4-3-5-15(16)19)18(24)21-20-17(23)11-13-7-9-14(27-2)10-8-13/h3-10,12,22H,11H2,1-2H3,(H,20,23)(H,21,24)/t12-/m1/s1.